The van der Waals surface area contributed by atoms with Gasteiger partial charge in [-0.25, -0.2) is 0 Å². The first-order chi connectivity index (χ1) is 8.09. The molecule has 1 aliphatic carbocycles. The largest absolute Gasteiger partial charge is 0.348 e. The molecule has 3 heteroatoms. The van der Waals surface area contributed by atoms with Crippen molar-refractivity contribution in [2.75, 3.05) is 0 Å². The molecule has 0 saturated carbocycles. The van der Waals surface area contributed by atoms with Crippen molar-refractivity contribution in [3.05, 3.63) is 35.4 Å². The first-order valence-electron chi connectivity index (χ1n) is 6.23. The topological polar surface area (TPSA) is 55.1 Å². The van der Waals surface area contributed by atoms with E-state index in [9.17, 15) is 4.79 Å². The molecule has 1 amide bonds. The molecule has 0 unspecified atom stereocenters. The summed E-state index contributed by atoms with van der Waals surface area (Å²) in [6, 6.07) is 8.01. The van der Waals surface area contributed by atoms with Gasteiger partial charge in [0.25, 0.3) is 0 Å². The van der Waals surface area contributed by atoms with Crippen molar-refractivity contribution in [3.8, 4) is 0 Å². The van der Waals surface area contributed by atoms with Crippen LogP contribution in [0.1, 0.15) is 37.4 Å². The number of hydrogen-bond acceptors (Lipinski definition) is 2. The molecule has 0 spiro atoms. The molecule has 3 nitrogen and oxygen atoms in total. The van der Waals surface area contributed by atoms with E-state index in [0.717, 1.165) is 12.8 Å². The van der Waals surface area contributed by atoms with Gasteiger partial charge in [-0.05, 0) is 29.9 Å². The van der Waals surface area contributed by atoms with E-state index in [1.807, 2.05) is 26.0 Å². The summed E-state index contributed by atoms with van der Waals surface area (Å²) in [5.41, 5.74) is 8.44. The SMILES string of the molecule is CC(C)[C@@H](N)C(=O)N[C@@H]1CCc2ccccc21. The van der Waals surface area contributed by atoms with Crippen molar-refractivity contribution >= 4 is 5.91 Å². The number of nitrogens with one attached hydrogen (secondary N) is 1. The van der Waals surface area contributed by atoms with Crippen molar-refractivity contribution < 1.29 is 4.79 Å². The lowest BCUT2D eigenvalue weighted by Gasteiger charge is -2.19. The molecule has 1 aromatic rings. The number of aryl methyl sites for hydroxylation is 1. The highest BCUT2D eigenvalue weighted by molar-refractivity contribution is 5.82. The van der Waals surface area contributed by atoms with Crippen LogP contribution in [0.5, 0.6) is 0 Å². The second kappa shape index (κ2) is 4.88. The van der Waals surface area contributed by atoms with Crippen LogP contribution < -0.4 is 11.1 Å². The molecule has 0 aliphatic heterocycles. The normalized spacial score (nSPS) is 20.1. The second-order valence-electron chi connectivity index (χ2n) is 5.07. The van der Waals surface area contributed by atoms with Crippen LogP contribution in [0.4, 0.5) is 0 Å². The lowest BCUT2D eigenvalue weighted by Crippen LogP contribution is -2.44. The number of amides is 1. The number of benzene rings is 1. The van der Waals surface area contributed by atoms with Crippen LogP contribution in [-0.2, 0) is 11.2 Å². The average Bonchev–Trinajstić information content (AvgIpc) is 2.71. The molecule has 2 rings (SSSR count). The van der Waals surface area contributed by atoms with E-state index in [-0.39, 0.29) is 17.9 Å². The average molecular weight is 232 g/mol. The Kier molecular flexibility index (Phi) is 3.48. The van der Waals surface area contributed by atoms with E-state index >= 15 is 0 Å². The fourth-order valence-corrected chi connectivity index (χ4v) is 2.28. The quantitative estimate of drug-likeness (QED) is 0.834. The predicted octanol–water partition coefficient (Wildman–Crippen LogP) is 1.77. The van der Waals surface area contributed by atoms with Crippen LogP contribution in [0.25, 0.3) is 0 Å². The molecule has 0 fully saturated rings. The van der Waals surface area contributed by atoms with Gasteiger partial charge in [0, 0.05) is 0 Å². The zero-order chi connectivity index (χ0) is 12.4. The van der Waals surface area contributed by atoms with Gasteiger partial charge in [-0.1, -0.05) is 38.1 Å². The minimum atomic E-state index is -0.414. The summed E-state index contributed by atoms with van der Waals surface area (Å²) in [5, 5.41) is 3.05. The Morgan fingerprint density at radius 3 is 2.82 bits per heavy atom. The van der Waals surface area contributed by atoms with Crippen molar-refractivity contribution in [2.24, 2.45) is 11.7 Å². The molecule has 92 valence electrons. The van der Waals surface area contributed by atoms with Gasteiger partial charge in [0.15, 0.2) is 0 Å². The van der Waals surface area contributed by atoms with Crippen molar-refractivity contribution in [3.63, 3.8) is 0 Å². The first-order valence-corrected chi connectivity index (χ1v) is 6.23. The van der Waals surface area contributed by atoms with Crippen LogP contribution in [0.3, 0.4) is 0 Å². The molecule has 0 radical (unpaired) electrons. The van der Waals surface area contributed by atoms with Crippen LogP contribution in [-0.4, -0.2) is 11.9 Å². The third-order valence-corrected chi connectivity index (χ3v) is 3.47. The standard InChI is InChI=1S/C14H20N2O/c1-9(2)13(15)14(17)16-12-8-7-10-5-3-4-6-11(10)12/h3-6,9,12-13H,7-8,15H2,1-2H3,(H,16,17)/t12-,13-/m1/s1. The molecule has 1 aromatic carbocycles. The molecule has 3 N–H and O–H groups in total. The smallest absolute Gasteiger partial charge is 0.237 e. The molecular formula is C14H20N2O. The maximum Gasteiger partial charge on any atom is 0.237 e. The van der Waals surface area contributed by atoms with Crippen molar-refractivity contribution in [1.29, 1.82) is 0 Å². The Balaban J connectivity index is 2.05. The highest BCUT2D eigenvalue weighted by Gasteiger charge is 2.26. The van der Waals surface area contributed by atoms with Crippen LogP contribution in [0, 0.1) is 5.92 Å². The van der Waals surface area contributed by atoms with Gasteiger partial charge in [-0.15, -0.1) is 0 Å². The highest BCUT2D eigenvalue weighted by atomic mass is 16.2. The van der Waals surface area contributed by atoms with Gasteiger partial charge >= 0.3 is 0 Å². The summed E-state index contributed by atoms with van der Waals surface area (Å²) in [4.78, 5) is 11.9. The van der Waals surface area contributed by atoms with E-state index in [2.05, 4.69) is 17.4 Å². The minimum Gasteiger partial charge on any atom is -0.348 e. The third kappa shape index (κ3) is 2.50. The summed E-state index contributed by atoms with van der Waals surface area (Å²) >= 11 is 0. The third-order valence-electron chi connectivity index (χ3n) is 3.47. The summed E-state index contributed by atoms with van der Waals surface area (Å²) in [5.74, 6) is 0.133. The molecule has 1 aliphatic rings. The van der Waals surface area contributed by atoms with Gasteiger partial charge in [-0.3, -0.25) is 4.79 Å². The summed E-state index contributed by atoms with van der Waals surface area (Å²) < 4.78 is 0. The number of nitrogens with two attached hydrogens (primary N) is 1. The molecule has 2 atom stereocenters. The second-order valence-corrected chi connectivity index (χ2v) is 5.07. The Morgan fingerprint density at radius 1 is 1.41 bits per heavy atom. The molecule has 17 heavy (non-hydrogen) atoms. The predicted molar refractivity (Wildman–Crippen MR) is 68.5 cm³/mol. The Bertz CT molecular complexity index is 414. The van der Waals surface area contributed by atoms with Crippen LogP contribution in [0.15, 0.2) is 24.3 Å². The van der Waals surface area contributed by atoms with Gasteiger partial charge < -0.3 is 11.1 Å². The first kappa shape index (κ1) is 12.1. The highest BCUT2D eigenvalue weighted by Crippen LogP contribution is 2.30. The molecule has 0 bridgehead atoms. The fraction of sp³-hybridized carbons (Fsp3) is 0.500. The van der Waals surface area contributed by atoms with E-state index in [4.69, 9.17) is 5.73 Å². The van der Waals surface area contributed by atoms with Gasteiger partial charge in [-0.2, -0.15) is 0 Å². The maximum atomic E-state index is 11.9. The van der Waals surface area contributed by atoms with E-state index in [1.54, 1.807) is 0 Å². The maximum absolute atomic E-state index is 11.9. The van der Waals surface area contributed by atoms with Crippen LogP contribution in [0.2, 0.25) is 0 Å². The molecule has 0 saturated heterocycles. The minimum absolute atomic E-state index is 0.0401. The van der Waals surface area contributed by atoms with Gasteiger partial charge in [0.1, 0.15) is 0 Å². The van der Waals surface area contributed by atoms with Crippen molar-refractivity contribution in [1.82, 2.24) is 5.32 Å². The van der Waals surface area contributed by atoms with E-state index in [1.165, 1.54) is 11.1 Å². The number of hydrogen-bond donors (Lipinski definition) is 2. The van der Waals surface area contributed by atoms with E-state index in [0.29, 0.717) is 0 Å². The molecular weight excluding hydrogens is 212 g/mol. The van der Waals surface area contributed by atoms with Gasteiger partial charge in [0.05, 0.1) is 12.1 Å². The van der Waals surface area contributed by atoms with Crippen LogP contribution >= 0.6 is 0 Å². The Labute approximate surface area is 102 Å². The summed E-state index contributed by atoms with van der Waals surface area (Å²) in [6.45, 7) is 3.93. The zero-order valence-corrected chi connectivity index (χ0v) is 10.4. The molecule has 0 heterocycles. The summed E-state index contributed by atoms with van der Waals surface area (Å²) in [7, 11) is 0. The number of rotatable bonds is 3. The Morgan fingerprint density at radius 2 is 2.12 bits per heavy atom. The number of fused-ring (bicyclic) bond motifs is 1. The van der Waals surface area contributed by atoms with Gasteiger partial charge in [0.2, 0.25) is 5.91 Å². The van der Waals surface area contributed by atoms with Crippen molar-refractivity contribution in [2.45, 2.75) is 38.8 Å². The Hall–Kier alpha value is -1.35. The lowest BCUT2D eigenvalue weighted by molar-refractivity contribution is -0.124. The monoisotopic (exact) mass is 232 g/mol. The fourth-order valence-electron chi connectivity index (χ4n) is 2.28. The lowest BCUT2D eigenvalue weighted by atomic mass is 10.0. The number of carbonyl (C=O) groups is 1. The zero-order valence-electron chi connectivity index (χ0n) is 10.4. The van der Waals surface area contributed by atoms with E-state index < -0.39 is 6.04 Å². The summed E-state index contributed by atoms with van der Waals surface area (Å²) in [6.07, 6.45) is 2.02. The number of carbonyl (C=O) groups excluding carboxylic acids is 1. The molecule has 0 aromatic heterocycles.